The molecule has 1 aliphatic heterocycles. The first-order valence-corrected chi connectivity index (χ1v) is 14.3. The largest absolute Gasteiger partial charge is 0.318 e. The molecule has 0 fully saturated rings. The number of rotatable bonds is 3. The Balaban J connectivity index is 1.45. The zero-order valence-electron chi connectivity index (χ0n) is 21.7. The Bertz CT molecular complexity index is 1960. The number of aryl methyl sites for hydroxylation is 2. The van der Waals surface area contributed by atoms with Crippen molar-refractivity contribution in [2.45, 2.75) is 32.7 Å². The van der Waals surface area contributed by atoms with Crippen molar-refractivity contribution in [1.82, 2.24) is 9.13 Å². The van der Waals surface area contributed by atoms with Crippen LogP contribution in [0.5, 0.6) is 0 Å². The van der Waals surface area contributed by atoms with Crippen LogP contribution in [0.15, 0.2) is 100 Å². The van der Waals surface area contributed by atoms with Crippen LogP contribution < -0.4 is 14.9 Å². The number of para-hydroxylation sites is 1. The van der Waals surface area contributed by atoms with Crippen LogP contribution in [0.4, 0.5) is 0 Å². The number of allylic oxidation sites excluding steroid dienone is 1. The highest BCUT2D eigenvalue weighted by atomic mass is 35.5. The SMILES string of the molecule is Cc1cc(/C=c2/sc3n(c2=O)[C@H](c2ccc(Cl)cc2)C2=C(N=3)c3ccccc3CC2)c(C)n1-c1ccccc1. The quantitative estimate of drug-likeness (QED) is 0.258. The van der Waals surface area contributed by atoms with E-state index in [0.717, 1.165) is 51.5 Å². The smallest absolute Gasteiger partial charge is 0.271 e. The molecule has 6 heteroatoms. The molecule has 192 valence electrons. The van der Waals surface area contributed by atoms with Crippen molar-refractivity contribution < 1.29 is 0 Å². The Morgan fingerprint density at radius 2 is 1.69 bits per heavy atom. The van der Waals surface area contributed by atoms with Gasteiger partial charge in [-0.25, -0.2) is 4.99 Å². The van der Waals surface area contributed by atoms with E-state index in [-0.39, 0.29) is 11.6 Å². The number of nitrogens with zero attached hydrogens (tertiary/aromatic N) is 3. The van der Waals surface area contributed by atoms with E-state index in [0.29, 0.717) is 9.55 Å². The van der Waals surface area contributed by atoms with Crippen molar-refractivity contribution in [1.29, 1.82) is 0 Å². The number of fused-ring (bicyclic) bond motifs is 3. The highest BCUT2D eigenvalue weighted by Crippen LogP contribution is 2.41. The van der Waals surface area contributed by atoms with Crippen molar-refractivity contribution in [2.24, 2.45) is 4.99 Å². The second-order valence-electron chi connectivity index (χ2n) is 10.2. The topological polar surface area (TPSA) is 39.3 Å². The van der Waals surface area contributed by atoms with Gasteiger partial charge in [0.2, 0.25) is 0 Å². The molecule has 0 amide bonds. The second kappa shape index (κ2) is 9.37. The van der Waals surface area contributed by atoms with Crippen LogP contribution in [0, 0.1) is 13.8 Å². The van der Waals surface area contributed by atoms with Gasteiger partial charge in [0.15, 0.2) is 4.80 Å². The molecular weight excluding hydrogens is 522 g/mol. The average Bonchev–Trinajstić information content (AvgIpc) is 3.42. The third-order valence-corrected chi connectivity index (χ3v) is 9.06. The third-order valence-electron chi connectivity index (χ3n) is 7.83. The van der Waals surface area contributed by atoms with Gasteiger partial charge in [-0.15, -0.1) is 0 Å². The van der Waals surface area contributed by atoms with Gasteiger partial charge in [0.05, 0.1) is 16.3 Å². The molecular formula is C33H26ClN3OS. The molecule has 3 aromatic carbocycles. The van der Waals surface area contributed by atoms with Crippen molar-refractivity contribution in [3.63, 3.8) is 0 Å². The molecule has 2 aromatic heterocycles. The maximum atomic E-state index is 14.1. The summed E-state index contributed by atoms with van der Waals surface area (Å²) in [6.45, 7) is 4.21. The zero-order chi connectivity index (χ0) is 26.7. The summed E-state index contributed by atoms with van der Waals surface area (Å²) in [5.41, 5.74) is 10.1. The highest BCUT2D eigenvalue weighted by molar-refractivity contribution is 7.07. The fourth-order valence-electron chi connectivity index (χ4n) is 6.02. The van der Waals surface area contributed by atoms with E-state index < -0.39 is 0 Å². The lowest BCUT2D eigenvalue weighted by molar-refractivity contribution is 0.585. The maximum absolute atomic E-state index is 14.1. The molecule has 0 N–H and O–H groups in total. The average molecular weight is 548 g/mol. The standard InChI is InChI=1S/C33H26ClN3OS/c1-20-18-24(21(2)36(20)26-9-4-3-5-10-26)19-29-32(38)37-31(23-12-15-25(34)16-13-23)28-17-14-22-8-6-7-11-27(22)30(28)35-33(37)39-29/h3-13,15-16,18-19,31H,14,17H2,1-2H3/b29-19+/t31-/m1/s1. The van der Waals surface area contributed by atoms with Gasteiger partial charge in [-0.2, -0.15) is 0 Å². The molecule has 0 radical (unpaired) electrons. The van der Waals surface area contributed by atoms with E-state index in [1.165, 1.54) is 28.0 Å². The fourth-order valence-corrected chi connectivity index (χ4v) is 7.13. The monoisotopic (exact) mass is 547 g/mol. The van der Waals surface area contributed by atoms with Gasteiger partial charge < -0.3 is 4.57 Å². The van der Waals surface area contributed by atoms with Gasteiger partial charge in [0.25, 0.3) is 5.56 Å². The zero-order valence-corrected chi connectivity index (χ0v) is 23.3. The summed E-state index contributed by atoms with van der Waals surface area (Å²) in [4.78, 5) is 20.0. The first kappa shape index (κ1) is 24.1. The second-order valence-corrected chi connectivity index (χ2v) is 11.6. The van der Waals surface area contributed by atoms with E-state index in [1.807, 2.05) is 53.1 Å². The summed E-state index contributed by atoms with van der Waals surface area (Å²) >= 11 is 7.72. The fraction of sp³-hybridized carbons (Fsp3) is 0.152. The number of halogens is 1. The van der Waals surface area contributed by atoms with E-state index in [1.54, 1.807) is 0 Å². The van der Waals surface area contributed by atoms with Gasteiger partial charge in [0, 0.05) is 27.7 Å². The molecule has 0 saturated carbocycles. The van der Waals surface area contributed by atoms with Crippen LogP contribution in [-0.4, -0.2) is 9.13 Å². The van der Waals surface area contributed by atoms with Crippen LogP contribution in [0.3, 0.4) is 0 Å². The lowest BCUT2D eigenvalue weighted by atomic mass is 9.83. The summed E-state index contributed by atoms with van der Waals surface area (Å²) in [7, 11) is 0. The molecule has 4 nitrogen and oxygen atoms in total. The molecule has 39 heavy (non-hydrogen) atoms. The number of thiazole rings is 1. The summed E-state index contributed by atoms with van der Waals surface area (Å²) in [6.07, 6.45) is 3.83. The molecule has 3 heterocycles. The van der Waals surface area contributed by atoms with E-state index in [9.17, 15) is 4.79 Å². The maximum Gasteiger partial charge on any atom is 0.271 e. The van der Waals surface area contributed by atoms with Crippen LogP contribution in [0.1, 0.15) is 46.1 Å². The molecule has 1 aliphatic carbocycles. The Morgan fingerprint density at radius 3 is 2.49 bits per heavy atom. The minimum absolute atomic E-state index is 0.00590. The van der Waals surface area contributed by atoms with Gasteiger partial charge in [0.1, 0.15) is 0 Å². The van der Waals surface area contributed by atoms with Crippen LogP contribution in [-0.2, 0) is 6.42 Å². The molecule has 0 saturated heterocycles. The first-order chi connectivity index (χ1) is 19.0. The Labute approximate surface area is 235 Å². The predicted molar refractivity (Wildman–Crippen MR) is 159 cm³/mol. The molecule has 5 aromatic rings. The molecule has 7 rings (SSSR count). The highest BCUT2D eigenvalue weighted by Gasteiger charge is 2.32. The number of hydrogen-bond acceptors (Lipinski definition) is 3. The summed E-state index contributed by atoms with van der Waals surface area (Å²) in [5.74, 6) is 0. The van der Waals surface area contributed by atoms with Gasteiger partial charge in [-0.1, -0.05) is 77.5 Å². The van der Waals surface area contributed by atoms with Gasteiger partial charge >= 0.3 is 0 Å². The van der Waals surface area contributed by atoms with E-state index in [4.69, 9.17) is 16.6 Å². The molecule has 0 spiro atoms. The lowest BCUT2D eigenvalue weighted by Gasteiger charge is -2.30. The summed E-state index contributed by atoms with van der Waals surface area (Å²) in [5, 5.41) is 0.683. The van der Waals surface area contributed by atoms with Crippen LogP contribution in [0.25, 0.3) is 17.5 Å². The lowest BCUT2D eigenvalue weighted by Crippen LogP contribution is -2.38. The molecule has 1 atom stereocenters. The predicted octanol–water partition coefficient (Wildman–Crippen LogP) is 6.38. The Hall–Kier alpha value is -3.93. The molecule has 2 aliphatic rings. The van der Waals surface area contributed by atoms with E-state index in [2.05, 4.69) is 60.9 Å². The van der Waals surface area contributed by atoms with Crippen LogP contribution >= 0.6 is 22.9 Å². The minimum atomic E-state index is -0.208. The summed E-state index contributed by atoms with van der Waals surface area (Å²) < 4.78 is 4.81. The van der Waals surface area contributed by atoms with E-state index >= 15 is 0 Å². The van der Waals surface area contributed by atoms with Gasteiger partial charge in [-0.3, -0.25) is 9.36 Å². The first-order valence-electron chi connectivity index (χ1n) is 13.1. The molecule has 0 unspecified atom stereocenters. The summed E-state index contributed by atoms with van der Waals surface area (Å²) in [6, 6.07) is 28.6. The van der Waals surface area contributed by atoms with Crippen molar-refractivity contribution in [3.8, 4) is 5.69 Å². The Kier molecular flexibility index (Phi) is 5.80. The normalized spacial score (nSPS) is 16.5. The third kappa shape index (κ3) is 3.96. The van der Waals surface area contributed by atoms with Crippen molar-refractivity contribution in [2.75, 3.05) is 0 Å². The van der Waals surface area contributed by atoms with Gasteiger partial charge in [-0.05, 0) is 85.4 Å². The van der Waals surface area contributed by atoms with Crippen molar-refractivity contribution in [3.05, 3.63) is 149 Å². The van der Waals surface area contributed by atoms with Crippen LogP contribution in [0.2, 0.25) is 5.02 Å². The molecule has 0 bridgehead atoms. The number of benzene rings is 3. The number of aromatic nitrogens is 2. The Morgan fingerprint density at radius 1 is 0.949 bits per heavy atom. The minimum Gasteiger partial charge on any atom is -0.318 e. The van der Waals surface area contributed by atoms with Crippen molar-refractivity contribution >= 4 is 34.7 Å². The number of hydrogen-bond donors (Lipinski definition) is 0.